The Bertz CT molecular complexity index is 1110. The van der Waals surface area contributed by atoms with Crippen LogP contribution in [-0.4, -0.2) is 21.5 Å². The molecule has 1 saturated heterocycles. The van der Waals surface area contributed by atoms with Crippen LogP contribution in [0, 0.1) is 0 Å². The van der Waals surface area contributed by atoms with Gasteiger partial charge in [-0.25, -0.2) is 0 Å². The van der Waals surface area contributed by atoms with Crippen LogP contribution in [0.3, 0.4) is 0 Å². The van der Waals surface area contributed by atoms with Gasteiger partial charge in [0, 0.05) is 36.4 Å². The molecular weight excluding hydrogens is 408 g/mol. The van der Waals surface area contributed by atoms with Crippen molar-refractivity contribution in [3.63, 3.8) is 0 Å². The lowest BCUT2D eigenvalue weighted by atomic mass is 9.98. The van der Waals surface area contributed by atoms with E-state index in [0.717, 1.165) is 22.9 Å². The van der Waals surface area contributed by atoms with Crippen molar-refractivity contribution >= 4 is 23.0 Å². The largest absolute Gasteiger partial charge is 0.454 e. The van der Waals surface area contributed by atoms with Crippen LogP contribution in [0.1, 0.15) is 55.1 Å². The molecule has 0 radical (unpaired) electrons. The number of anilines is 1. The number of nitrogens with one attached hydrogen (secondary N) is 1. The number of benzene rings is 1. The van der Waals surface area contributed by atoms with Gasteiger partial charge in [-0.2, -0.15) is 0 Å². The molecule has 1 N–H and O–H groups in total. The Labute approximate surface area is 186 Å². The number of hydrogen-bond acceptors (Lipinski definition) is 4. The Hall–Kier alpha value is -3.06. The van der Waals surface area contributed by atoms with E-state index in [1.807, 2.05) is 36.5 Å². The van der Waals surface area contributed by atoms with Crippen LogP contribution in [0.15, 0.2) is 61.1 Å². The molecule has 2 aromatic heterocycles. The Kier molecular flexibility index (Phi) is 4.56. The molecule has 31 heavy (non-hydrogen) atoms. The predicted octanol–water partition coefficient (Wildman–Crippen LogP) is 4.90. The Balaban J connectivity index is 1.42. The molecule has 2 aliphatic heterocycles. The Morgan fingerprint density at radius 2 is 1.90 bits per heavy atom. The van der Waals surface area contributed by atoms with Crippen LogP contribution in [0.2, 0.25) is 0 Å². The fraction of sp³-hybridized carbons (Fsp3) is 0.333. The molecule has 2 atom stereocenters. The van der Waals surface area contributed by atoms with E-state index < -0.39 is 0 Å². The molecule has 1 aliphatic carbocycles. The molecule has 6 rings (SSSR count). The topological polar surface area (TPSA) is 51.6 Å². The number of aromatic nitrogens is 2. The molecule has 0 spiro atoms. The summed E-state index contributed by atoms with van der Waals surface area (Å²) in [6.07, 6.45) is 11.5. The van der Waals surface area contributed by atoms with E-state index in [0.29, 0.717) is 11.2 Å². The lowest BCUT2D eigenvalue weighted by molar-refractivity contribution is 0.174. The normalized spacial score (nSPS) is 22.8. The van der Waals surface area contributed by atoms with Gasteiger partial charge in [-0.15, -0.1) is 0 Å². The average Bonchev–Trinajstić information content (AvgIpc) is 3.59. The standard InChI is InChI=1S/C24H24N4O2S/c31-24-26-22(19-7-3-4-11-25-19)23(16-10-12-27(14-16)17-5-1-2-6-17)28(24)18-8-9-20-21(13-18)30-15-29-20/h3-4,7-14,17,22-23H,1-2,5-6,15H2,(H,26,31)/t22-,23-/m1/s1. The second-order valence-electron chi connectivity index (χ2n) is 8.36. The second-order valence-corrected chi connectivity index (χ2v) is 8.75. The first-order valence-electron chi connectivity index (χ1n) is 10.9. The number of rotatable bonds is 4. The van der Waals surface area contributed by atoms with E-state index in [4.69, 9.17) is 21.7 Å². The third kappa shape index (κ3) is 3.24. The molecule has 0 amide bonds. The molecule has 1 saturated carbocycles. The van der Waals surface area contributed by atoms with Crippen LogP contribution in [0.5, 0.6) is 11.5 Å². The van der Waals surface area contributed by atoms with E-state index in [2.05, 4.69) is 44.3 Å². The smallest absolute Gasteiger partial charge is 0.231 e. The number of ether oxygens (including phenoxy) is 2. The minimum absolute atomic E-state index is 0.00887. The van der Waals surface area contributed by atoms with E-state index in [1.165, 1.54) is 31.2 Å². The van der Waals surface area contributed by atoms with Gasteiger partial charge in [-0.3, -0.25) is 4.98 Å². The highest BCUT2D eigenvalue weighted by Crippen LogP contribution is 2.45. The van der Waals surface area contributed by atoms with Crippen molar-refractivity contribution in [3.05, 3.63) is 72.3 Å². The van der Waals surface area contributed by atoms with Gasteiger partial charge in [-0.1, -0.05) is 18.9 Å². The van der Waals surface area contributed by atoms with Crippen molar-refractivity contribution in [2.45, 2.75) is 43.8 Å². The number of thiocarbonyl (C=S) groups is 1. The maximum atomic E-state index is 5.83. The van der Waals surface area contributed by atoms with Gasteiger partial charge in [0.05, 0.1) is 17.8 Å². The van der Waals surface area contributed by atoms with Crippen LogP contribution in [-0.2, 0) is 0 Å². The predicted molar refractivity (Wildman–Crippen MR) is 122 cm³/mol. The van der Waals surface area contributed by atoms with Crippen LogP contribution in [0.25, 0.3) is 0 Å². The first-order chi connectivity index (χ1) is 15.3. The van der Waals surface area contributed by atoms with Crippen LogP contribution >= 0.6 is 12.2 Å². The zero-order valence-corrected chi connectivity index (χ0v) is 17.9. The highest BCUT2D eigenvalue weighted by molar-refractivity contribution is 7.80. The molecular formula is C24H24N4O2S. The van der Waals surface area contributed by atoms with Gasteiger partial charge in [0.1, 0.15) is 0 Å². The van der Waals surface area contributed by atoms with Crippen molar-refractivity contribution in [3.8, 4) is 11.5 Å². The molecule has 7 heteroatoms. The van der Waals surface area contributed by atoms with Gasteiger partial charge in [0.25, 0.3) is 0 Å². The average molecular weight is 433 g/mol. The summed E-state index contributed by atoms with van der Waals surface area (Å²) in [5.41, 5.74) is 3.19. The van der Waals surface area contributed by atoms with Crippen molar-refractivity contribution < 1.29 is 9.47 Å². The molecule has 1 aromatic carbocycles. The number of fused-ring (bicyclic) bond motifs is 1. The Morgan fingerprint density at radius 1 is 1.03 bits per heavy atom. The fourth-order valence-corrected chi connectivity index (χ4v) is 5.39. The SMILES string of the molecule is S=C1N[C@H](c2ccccn2)[C@@H](c2ccn(C3CCCC3)c2)N1c1ccc2c(c1)OCO2. The van der Waals surface area contributed by atoms with E-state index >= 15 is 0 Å². The van der Waals surface area contributed by atoms with Crippen molar-refractivity contribution in [1.29, 1.82) is 0 Å². The van der Waals surface area contributed by atoms with Crippen LogP contribution < -0.4 is 19.7 Å². The van der Waals surface area contributed by atoms with Crippen molar-refractivity contribution in [2.24, 2.45) is 0 Å². The monoisotopic (exact) mass is 432 g/mol. The highest BCUT2D eigenvalue weighted by atomic mass is 32.1. The van der Waals surface area contributed by atoms with E-state index in [-0.39, 0.29) is 18.9 Å². The van der Waals surface area contributed by atoms with E-state index in [9.17, 15) is 0 Å². The molecule has 3 aromatic rings. The summed E-state index contributed by atoms with van der Waals surface area (Å²) in [5.74, 6) is 1.52. The maximum absolute atomic E-state index is 5.83. The molecule has 4 heterocycles. The summed E-state index contributed by atoms with van der Waals surface area (Å²) in [5, 5.41) is 4.22. The van der Waals surface area contributed by atoms with Gasteiger partial charge in [0.2, 0.25) is 6.79 Å². The third-order valence-electron chi connectivity index (χ3n) is 6.56. The Morgan fingerprint density at radius 3 is 2.74 bits per heavy atom. The summed E-state index contributed by atoms with van der Waals surface area (Å²) >= 11 is 5.83. The van der Waals surface area contributed by atoms with Gasteiger partial charge < -0.3 is 24.3 Å². The minimum Gasteiger partial charge on any atom is -0.454 e. The molecule has 0 bridgehead atoms. The molecule has 6 nitrogen and oxygen atoms in total. The number of nitrogens with zero attached hydrogens (tertiary/aromatic N) is 3. The number of hydrogen-bond donors (Lipinski definition) is 1. The first kappa shape index (κ1) is 18.7. The fourth-order valence-electron chi connectivity index (χ4n) is 5.04. The maximum Gasteiger partial charge on any atom is 0.231 e. The summed E-state index contributed by atoms with van der Waals surface area (Å²) in [4.78, 5) is 6.83. The highest BCUT2D eigenvalue weighted by Gasteiger charge is 2.41. The van der Waals surface area contributed by atoms with Crippen LogP contribution in [0.4, 0.5) is 5.69 Å². The van der Waals surface area contributed by atoms with Gasteiger partial charge >= 0.3 is 0 Å². The van der Waals surface area contributed by atoms with Crippen molar-refractivity contribution in [2.75, 3.05) is 11.7 Å². The zero-order valence-electron chi connectivity index (χ0n) is 17.1. The summed E-state index contributed by atoms with van der Waals surface area (Å²) in [6.45, 7) is 0.256. The lowest BCUT2D eigenvalue weighted by Crippen LogP contribution is -2.29. The van der Waals surface area contributed by atoms with Gasteiger partial charge in [0.15, 0.2) is 16.6 Å². The zero-order chi connectivity index (χ0) is 20.8. The molecule has 3 aliphatic rings. The lowest BCUT2D eigenvalue weighted by Gasteiger charge is -2.27. The summed E-state index contributed by atoms with van der Waals surface area (Å²) < 4.78 is 13.5. The molecule has 0 unspecified atom stereocenters. The minimum atomic E-state index is -0.0430. The summed E-state index contributed by atoms with van der Waals surface area (Å²) in [6, 6.07) is 14.8. The number of pyridine rings is 1. The molecule has 2 fully saturated rings. The van der Waals surface area contributed by atoms with Crippen molar-refractivity contribution in [1.82, 2.24) is 14.9 Å². The molecule has 158 valence electrons. The first-order valence-corrected chi connectivity index (χ1v) is 11.3. The van der Waals surface area contributed by atoms with E-state index in [1.54, 1.807) is 0 Å². The second kappa shape index (κ2) is 7.57. The quantitative estimate of drug-likeness (QED) is 0.592. The van der Waals surface area contributed by atoms with Gasteiger partial charge in [-0.05, 0) is 61.0 Å². The summed E-state index contributed by atoms with van der Waals surface area (Å²) in [7, 11) is 0. The third-order valence-corrected chi connectivity index (χ3v) is 6.87.